The molecule has 4 N–H and O–H groups in total. The molecule has 0 aromatic carbocycles. The van der Waals surface area contributed by atoms with Crippen molar-refractivity contribution in [3.05, 3.63) is 40.7 Å². The van der Waals surface area contributed by atoms with Crippen LogP contribution in [0.15, 0.2) is 35.8 Å². The Morgan fingerprint density at radius 3 is 2.90 bits per heavy atom. The predicted molar refractivity (Wildman–Crippen MR) is 82.8 cm³/mol. The van der Waals surface area contributed by atoms with Crippen LogP contribution in [0.2, 0.25) is 0 Å². The minimum atomic E-state index is 0.0676. The van der Waals surface area contributed by atoms with Crippen molar-refractivity contribution in [2.24, 2.45) is 0 Å². The summed E-state index contributed by atoms with van der Waals surface area (Å²) in [5, 5.41) is 8.06. The van der Waals surface area contributed by atoms with Crippen LogP contribution in [0.25, 0.3) is 0 Å². The fourth-order valence-corrected chi connectivity index (χ4v) is 2.38. The lowest BCUT2D eigenvalue weighted by atomic mass is 10.3. The number of anilines is 2. The molecule has 0 bridgehead atoms. The molecule has 0 aliphatic carbocycles. The van der Waals surface area contributed by atoms with Crippen LogP contribution >= 0.6 is 11.3 Å². The Kier molecular flexibility index (Phi) is 5.37. The molecule has 6 heteroatoms. The van der Waals surface area contributed by atoms with Gasteiger partial charge in [0.15, 0.2) is 0 Å². The quantitative estimate of drug-likeness (QED) is 0.680. The second kappa shape index (κ2) is 7.49. The maximum absolute atomic E-state index is 11.6. The number of thiophene rings is 1. The molecule has 0 fully saturated rings. The van der Waals surface area contributed by atoms with Crippen LogP contribution < -0.4 is 16.4 Å². The predicted octanol–water partition coefficient (Wildman–Crippen LogP) is 1.89. The summed E-state index contributed by atoms with van der Waals surface area (Å²) in [6.45, 7) is 1.42. The van der Waals surface area contributed by atoms with E-state index in [9.17, 15) is 4.79 Å². The molecule has 2 aromatic rings. The average molecular weight is 290 g/mol. The molecule has 2 heterocycles. The van der Waals surface area contributed by atoms with Gasteiger partial charge in [0.2, 0.25) is 5.91 Å². The molecule has 0 aliphatic rings. The minimum Gasteiger partial charge on any atom is -0.397 e. The van der Waals surface area contributed by atoms with Gasteiger partial charge in [0.1, 0.15) is 5.82 Å². The van der Waals surface area contributed by atoms with Gasteiger partial charge < -0.3 is 16.4 Å². The Hall–Kier alpha value is -2.08. The molecule has 0 radical (unpaired) electrons. The van der Waals surface area contributed by atoms with Crippen LogP contribution in [0.4, 0.5) is 11.5 Å². The fourth-order valence-electron chi connectivity index (χ4n) is 1.68. The van der Waals surface area contributed by atoms with Crippen molar-refractivity contribution in [2.75, 3.05) is 24.1 Å². The number of nitrogens with two attached hydrogens (primary N) is 1. The van der Waals surface area contributed by atoms with E-state index in [0.29, 0.717) is 18.7 Å². The third-order valence-electron chi connectivity index (χ3n) is 2.68. The van der Waals surface area contributed by atoms with Crippen molar-refractivity contribution >= 4 is 28.7 Å². The molecule has 0 aliphatic heterocycles. The lowest BCUT2D eigenvalue weighted by Gasteiger charge is -2.07. The van der Waals surface area contributed by atoms with Crippen LogP contribution in [0.5, 0.6) is 0 Å². The summed E-state index contributed by atoms with van der Waals surface area (Å²) in [7, 11) is 0. The van der Waals surface area contributed by atoms with Gasteiger partial charge in [-0.05, 0) is 30.0 Å². The molecular weight excluding hydrogens is 272 g/mol. The van der Waals surface area contributed by atoms with Gasteiger partial charge in [-0.3, -0.25) is 4.79 Å². The largest absolute Gasteiger partial charge is 0.397 e. The molecule has 5 nitrogen and oxygen atoms in total. The average Bonchev–Trinajstić information content (AvgIpc) is 2.93. The number of hydrogen-bond acceptors (Lipinski definition) is 5. The van der Waals surface area contributed by atoms with Crippen LogP contribution in [0.1, 0.15) is 11.3 Å². The zero-order chi connectivity index (χ0) is 14.2. The summed E-state index contributed by atoms with van der Waals surface area (Å²) < 4.78 is 0. The number of nitrogen functional groups attached to an aromatic ring is 1. The summed E-state index contributed by atoms with van der Waals surface area (Å²) in [5.74, 6) is 0.863. The molecule has 0 spiro atoms. The molecule has 1 amide bonds. The van der Waals surface area contributed by atoms with E-state index in [1.54, 1.807) is 23.6 Å². The third kappa shape index (κ3) is 4.89. The van der Waals surface area contributed by atoms with E-state index in [1.807, 2.05) is 23.6 Å². The van der Waals surface area contributed by atoms with Crippen molar-refractivity contribution < 1.29 is 4.79 Å². The highest BCUT2D eigenvalue weighted by Gasteiger charge is 2.02. The second-order valence-corrected chi connectivity index (χ2v) is 5.40. The highest BCUT2D eigenvalue weighted by Crippen LogP contribution is 2.08. The van der Waals surface area contributed by atoms with Gasteiger partial charge in [-0.25, -0.2) is 4.98 Å². The summed E-state index contributed by atoms with van der Waals surface area (Å²) in [5.41, 5.74) is 6.20. The van der Waals surface area contributed by atoms with Gasteiger partial charge in [0.25, 0.3) is 0 Å². The Balaban J connectivity index is 1.57. The first-order valence-corrected chi connectivity index (χ1v) is 7.36. The van der Waals surface area contributed by atoms with Crippen molar-refractivity contribution in [1.29, 1.82) is 0 Å². The fraction of sp³-hybridized carbons (Fsp3) is 0.286. The Bertz CT molecular complexity index is 525. The van der Waals surface area contributed by atoms with Crippen LogP contribution in [-0.2, 0) is 11.2 Å². The zero-order valence-corrected chi connectivity index (χ0v) is 12.0. The maximum Gasteiger partial charge on any atom is 0.225 e. The van der Waals surface area contributed by atoms with E-state index in [1.165, 1.54) is 0 Å². The summed E-state index contributed by atoms with van der Waals surface area (Å²) in [4.78, 5) is 16.9. The molecule has 0 unspecified atom stereocenters. The first-order chi connectivity index (χ1) is 9.74. The molecule has 2 aromatic heterocycles. The number of aromatic nitrogens is 1. The summed E-state index contributed by atoms with van der Waals surface area (Å²) >= 11 is 1.60. The minimum absolute atomic E-state index is 0.0676. The van der Waals surface area contributed by atoms with Gasteiger partial charge in [0.05, 0.1) is 18.3 Å². The highest BCUT2D eigenvalue weighted by atomic mass is 32.1. The Morgan fingerprint density at radius 2 is 2.20 bits per heavy atom. The van der Waals surface area contributed by atoms with E-state index >= 15 is 0 Å². The molecule has 0 saturated heterocycles. The van der Waals surface area contributed by atoms with E-state index in [-0.39, 0.29) is 5.91 Å². The number of pyridine rings is 1. The topological polar surface area (TPSA) is 80.0 Å². The van der Waals surface area contributed by atoms with Crippen molar-refractivity contribution in [2.45, 2.75) is 12.8 Å². The number of nitrogens with zero attached hydrogens (tertiary/aromatic N) is 1. The lowest BCUT2D eigenvalue weighted by molar-refractivity contribution is -0.120. The van der Waals surface area contributed by atoms with E-state index < -0.39 is 0 Å². The summed E-state index contributed by atoms with van der Waals surface area (Å²) in [6.07, 6.45) is 2.93. The van der Waals surface area contributed by atoms with Gasteiger partial charge >= 0.3 is 0 Å². The van der Waals surface area contributed by atoms with Crippen molar-refractivity contribution in [3.63, 3.8) is 0 Å². The lowest BCUT2D eigenvalue weighted by Crippen LogP contribution is -2.27. The number of hydrogen-bond donors (Lipinski definition) is 3. The van der Waals surface area contributed by atoms with E-state index in [2.05, 4.69) is 15.6 Å². The number of carbonyl (C=O) groups excluding carboxylic acids is 1. The third-order valence-corrected chi connectivity index (χ3v) is 3.56. The van der Waals surface area contributed by atoms with Crippen molar-refractivity contribution in [1.82, 2.24) is 10.3 Å². The van der Waals surface area contributed by atoms with Gasteiger partial charge in [-0.2, -0.15) is 0 Å². The van der Waals surface area contributed by atoms with Crippen LogP contribution in [-0.4, -0.2) is 24.0 Å². The number of carbonyl (C=O) groups is 1. The molecule has 0 atom stereocenters. The van der Waals surface area contributed by atoms with Crippen molar-refractivity contribution in [3.8, 4) is 0 Å². The maximum atomic E-state index is 11.6. The number of nitrogens with one attached hydrogen (secondary N) is 2. The van der Waals surface area contributed by atoms with Gasteiger partial charge in [-0.1, -0.05) is 6.07 Å². The second-order valence-electron chi connectivity index (χ2n) is 4.36. The van der Waals surface area contributed by atoms with Crippen LogP contribution in [0.3, 0.4) is 0 Å². The molecular formula is C14H18N4OS. The molecule has 0 saturated carbocycles. The van der Waals surface area contributed by atoms with E-state index in [0.717, 1.165) is 23.7 Å². The highest BCUT2D eigenvalue weighted by molar-refractivity contribution is 7.10. The van der Waals surface area contributed by atoms with Gasteiger partial charge in [0, 0.05) is 18.0 Å². The molecule has 106 valence electrons. The number of rotatable bonds is 7. The molecule has 20 heavy (non-hydrogen) atoms. The van der Waals surface area contributed by atoms with Gasteiger partial charge in [-0.15, -0.1) is 11.3 Å². The van der Waals surface area contributed by atoms with E-state index in [4.69, 9.17) is 5.73 Å². The standard InChI is InChI=1S/C14H18N4OS/c15-11-4-5-13(18-10-11)16-6-2-7-17-14(19)9-12-3-1-8-20-12/h1,3-5,8,10H,2,6-7,9,15H2,(H,16,18)(H,17,19). The summed E-state index contributed by atoms with van der Waals surface area (Å²) in [6, 6.07) is 7.57. The monoisotopic (exact) mass is 290 g/mol. The first-order valence-electron chi connectivity index (χ1n) is 6.48. The molecule has 2 rings (SSSR count). The number of amides is 1. The van der Waals surface area contributed by atoms with Crippen LogP contribution in [0, 0.1) is 0 Å². The first kappa shape index (κ1) is 14.3. The SMILES string of the molecule is Nc1ccc(NCCCNC(=O)Cc2cccs2)nc1. The normalized spacial score (nSPS) is 10.2. The zero-order valence-electron chi connectivity index (χ0n) is 11.1. The Labute approximate surface area is 122 Å². The smallest absolute Gasteiger partial charge is 0.225 e. The Morgan fingerprint density at radius 1 is 1.30 bits per heavy atom.